The molecular formula is C15H10BrFN2O2. The van der Waals surface area contributed by atoms with E-state index in [4.69, 9.17) is 0 Å². The van der Waals surface area contributed by atoms with Gasteiger partial charge in [-0.15, -0.1) is 0 Å². The number of rotatable bonds is 3. The second kappa shape index (κ2) is 5.29. The van der Waals surface area contributed by atoms with Crippen LogP contribution in [0.4, 0.5) is 10.1 Å². The van der Waals surface area contributed by atoms with E-state index in [1.807, 2.05) is 4.57 Å². The lowest BCUT2D eigenvalue weighted by atomic mass is 10.2. The van der Waals surface area contributed by atoms with Crippen LogP contribution in [0, 0.1) is 15.9 Å². The van der Waals surface area contributed by atoms with Crippen LogP contribution in [0.2, 0.25) is 0 Å². The number of hydrogen-bond acceptors (Lipinski definition) is 2. The predicted octanol–water partition coefficient (Wildman–Crippen LogP) is 4.50. The van der Waals surface area contributed by atoms with Gasteiger partial charge in [0.1, 0.15) is 5.82 Å². The molecule has 4 nitrogen and oxygen atoms in total. The van der Waals surface area contributed by atoms with Gasteiger partial charge in [0.25, 0.3) is 5.69 Å². The van der Waals surface area contributed by atoms with Crippen molar-refractivity contribution in [3.8, 4) is 0 Å². The van der Waals surface area contributed by atoms with Crippen molar-refractivity contribution in [2.75, 3.05) is 0 Å². The lowest BCUT2D eigenvalue weighted by Crippen LogP contribution is -2.02. The fourth-order valence-corrected chi connectivity index (χ4v) is 2.68. The standard InChI is InChI=1S/C15H10BrFN2O2/c16-12-2-1-11(15(8-12)19(20)21)9-18-6-5-10-7-13(17)3-4-14(10)18/h1-8H,9H2. The molecule has 0 amide bonds. The summed E-state index contributed by atoms with van der Waals surface area (Å²) in [7, 11) is 0. The summed E-state index contributed by atoms with van der Waals surface area (Å²) < 4.78 is 15.7. The smallest absolute Gasteiger partial charge is 0.275 e. The molecule has 0 N–H and O–H groups in total. The molecule has 2 aromatic carbocycles. The SMILES string of the molecule is O=[N+]([O-])c1cc(Br)ccc1Cn1ccc2cc(F)ccc21. The molecule has 0 radical (unpaired) electrons. The Bertz CT molecular complexity index is 845. The van der Waals surface area contributed by atoms with E-state index in [-0.39, 0.29) is 11.5 Å². The zero-order valence-corrected chi connectivity index (χ0v) is 12.4. The fraction of sp³-hybridized carbons (Fsp3) is 0.0667. The van der Waals surface area contributed by atoms with Crippen LogP contribution in [0.1, 0.15) is 5.56 Å². The third kappa shape index (κ3) is 2.67. The highest BCUT2D eigenvalue weighted by Crippen LogP contribution is 2.26. The molecule has 0 saturated carbocycles. The summed E-state index contributed by atoms with van der Waals surface area (Å²) in [5.74, 6) is -0.296. The van der Waals surface area contributed by atoms with E-state index in [0.717, 1.165) is 10.9 Å². The van der Waals surface area contributed by atoms with Gasteiger partial charge in [-0.05, 0) is 36.4 Å². The van der Waals surface area contributed by atoms with E-state index in [0.29, 0.717) is 16.6 Å². The first-order valence-corrected chi connectivity index (χ1v) is 7.01. The quantitative estimate of drug-likeness (QED) is 0.516. The normalized spacial score (nSPS) is 11.0. The van der Waals surface area contributed by atoms with Crippen molar-refractivity contribution in [2.45, 2.75) is 6.54 Å². The van der Waals surface area contributed by atoms with Gasteiger partial charge in [0, 0.05) is 33.2 Å². The van der Waals surface area contributed by atoms with Crippen LogP contribution in [-0.4, -0.2) is 9.49 Å². The zero-order chi connectivity index (χ0) is 15.0. The topological polar surface area (TPSA) is 48.1 Å². The molecule has 1 heterocycles. The minimum Gasteiger partial charge on any atom is -0.343 e. The summed E-state index contributed by atoms with van der Waals surface area (Å²) in [6.07, 6.45) is 1.80. The van der Waals surface area contributed by atoms with Gasteiger partial charge in [-0.25, -0.2) is 4.39 Å². The predicted molar refractivity (Wildman–Crippen MR) is 81.8 cm³/mol. The molecule has 0 bridgehead atoms. The highest BCUT2D eigenvalue weighted by atomic mass is 79.9. The maximum Gasteiger partial charge on any atom is 0.275 e. The fourth-order valence-electron chi connectivity index (χ4n) is 2.33. The number of fused-ring (bicyclic) bond motifs is 1. The molecule has 3 aromatic rings. The van der Waals surface area contributed by atoms with Gasteiger partial charge in [0.05, 0.1) is 11.5 Å². The van der Waals surface area contributed by atoms with Crippen molar-refractivity contribution in [1.82, 2.24) is 4.57 Å². The maximum atomic E-state index is 13.2. The first kappa shape index (κ1) is 13.8. The summed E-state index contributed by atoms with van der Waals surface area (Å²) in [6, 6.07) is 11.3. The molecule has 0 fully saturated rings. The van der Waals surface area contributed by atoms with Crippen LogP contribution in [0.5, 0.6) is 0 Å². The number of benzene rings is 2. The Labute approximate surface area is 128 Å². The number of hydrogen-bond donors (Lipinski definition) is 0. The van der Waals surface area contributed by atoms with E-state index >= 15 is 0 Å². The van der Waals surface area contributed by atoms with Gasteiger partial charge in [0.2, 0.25) is 0 Å². The van der Waals surface area contributed by atoms with Crippen LogP contribution >= 0.6 is 15.9 Å². The highest BCUT2D eigenvalue weighted by molar-refractivity contribution is 9.10. The van der Waals surface area contributed by atoms with Crippen molar-refractivity contribution >= 4 is 32.5 Å². The van der Waals surface area contributed by atoms with E-state index in [1.54, 1.807) is 30.5 Å². The number of halogens is 2. The highest BCUT2D eigenvalue weighted by Gasteiger charge is 2.15. The minimum atomic E-state index is -0.397. The van der Waals surface area contributed by atoms with Crippen LogP contribution in [0.15, 0.2) is 53.1 Å². The Balaban J connectivity index is 2.05. The number of nitro benzene ring substituents is 1. The largest absolute Gasteiger partial charge is 0.343 e. The van der Waals surface area contributed by atoms with E-state index in [9.17, 15) is 14.5 Å². The van der Waals surface area contributed by atoms with Crippen LogP contribution in [0.3, 0.4) is 0 Å². The molecule has 106 valence electrons. The van der Waals surface area contributed by atoms with Gasteiger partial charge in [-0.1, -0.05) is 15.9 Å². The van der Waals surface area contributed by atoms with E-state index in [2.05, 4.69) is 15.9 Å². The molecule has 0 aliphatic heterocycles. The van der Waals surface area contributed by atoms with E-state index < -0.39 is 4.92 Å². The van der Waals surface area contributed by atoms with Crippen molar-refractivity contribution in [3.63, 3.8) is 0 Å². The summed E-state index contributed by atoms with van der Waals surface area (Å²) in [4.78, 5) is 10.7. The monoisotopic (exact) mass is 348 g/mol. The van der Waals surface area contributed by atoms with Crippen LogP contribution in [-0.2, 0) is 6.54 Å². The molecule has 6 heteroatoms. The molecular weight excluding hydrogens is 339 g/mol. The molecule has 0 unspecified atom stereocenters. The average Bonchev–Trinajstić information content (AvgIpc) is 2.82. The Kier molecular flexibility index (Phi) is 3.47. The third-order valence-electron chi connectivity index (χ3n) is 3.32. The van der Waals surface area contributed by atoms with Crippen molar-refractivity contribution in [2.24, 2.45) is 0 Å². The Hall–Kier alpha value is -2.21. The summed E-state index contributed by atoms with van der Waals surface area (Å²) in [5.41, 5.74) is 1.51. The molecule has 3 rings (SSSR count). The molecule has 0 saturated heterocycles. The second-order valence-corrected chi connectivity index (χ2v) is 5.59. The van der Waals surface area contributed by atoms with Gasteiger partial charge in [0.15, 0.2) is 0 Å². The third-order valence-corrected chi connectivity index (χ3v) is 3.81. The molecule has 0 aliphatic rings. The number of nitro groups is 1. The molecule has 0 atom stereocenters. The van der Waals surface area contributed by atoms with Crippen molar-refractivity contribution in [3.05, 3.63) is 74.6 Å². The maximum absolute atomic E-state index is 13.2. The summed E-state index contributed by atoms with van der Waals surface area (Å²) in [5, 5.41) is 11.9. The zero-order valence-electron chi connectivity index (χ0n) is 10.8. The van der Waals surface area contributed by atoms with Gasteiger partial charge < -0.3 is 4.57 Å². The van der Waals surface area contributed by atoms with Gasteiger partial charge in [-0.2, -0.15) is 0 Å². The molecule has 1 aromatic heterocycles. The Morgan fingerprint density at radius 2 is 2.00 bits per heavy atom. The first-order valence-electron chi connectivity index (χ1n) is 6.22. The van der Waals surface area contributed by atoms with Gasteiger partial charge >= 0.3 is 0 Å². The summed E-state index contributed by atoms with van der Waals surface area (Å²) >= 11 is 3.24. The van der Waals surface area contributed by atoms with Crippen LogP contribution < -0.4 is 0 Å². The lowest BCUT2D eigenvalue weighted by Gasteiger charge is -2.07. The second-order valence-electron chi connectivity index (χ2n) is 4.68. The Morgan fingerprint density at radius 3 is 2.76 bits per heavy atom. The number of aromatic nitrogens is 1. The van der Waals surface area contributed by atoms with E-state index in [1.165, 1.54) is 18.2 Å². The molecule has 0 aliphatic carbocycles. The first-order chi connectivity index (χ1) is 10.0. The van der Waals surface area contributed by atoms with Crippen LogP contribution in [0.25, 0.3) is 10.9 Å². The van der Waals surface area contributed by atoms with Crippen molar-refractivity contribution < 1.29 is 9.31 Å². The Morgan fingerprint density at radius 1 is 1.19 bits per heavy atom. The minimum absolute atomic E-state index is 0.0633. The number of nitrogens with zero attached hydrogens (tertiary/aromatic N) is 2. The van der Waals surface area contributed by atoms with Crippen molar-refractivity contribution in [1.29, 1.82) is 0 Å². The molecule has 21 heavy (non-hydrogen) atoms. The summed E-state index contributed by atoms with van der Waals surface area (Å²) in [6.45, 7) is 0.360. The molecule has 0 spiro atoms. The van der Waals surface area contributed by atoms with Gasteiger partial charge in [-0.3, -0.25) is 10.1 Å². The average molecular weight is 349 g/mol. The lowest BCUT2D eigenvalue weighted by molar-refractivity contribution is -0.385.